The molecule has 20 heavy (non-hydrogen) atoms. The molecule has 0 aliphatic carbocycles. The third kappa shape index (κ3) is 3.23. The zero-order valence-corrected chi connectivity index (χ0v) is 11.4. The maximum Gasteiger partial charge on any atom is 0.337 e. The molecular weight excluding hydrogens is 293 g/mol. The molecule has 0 aliphatic rings. The highest BCUT2D eigenvalue weighted by atomic mass is 32.2. The zero-order valence-electron chi connectivity index (χ0n) is 10.6. The summed E-state index contributed by atoms with van der Waals surface area (Å²) in [5.74, 6) is -3.62. The molecule has 7 nitrogen and oxygen atoms in total. The van der Waals surface area contributed by atoms with Crippen LogP contribution in [0.25, 0.3) is 0 Å². The Balaban J connectivity index is 3.23. The molecule has 0 saturated carbocycles. The van der Waals surface area contributed by atoms with E-state index in [0.717, 1.165) is 32.2 Å². The second-order valence-electron chi connectivity index (χ2n) is 3.78. The van der Waals surface area contributed by atoms with Crippen LogP contribution in [-0.2, 0) is 19.6 Å². The Kier molecular flexibility index (Phi) is 4.66. The number of methoxy groups -OCH3 is 1. The summed E-state index contributed by atoms with van der Waals surface area (Å²) < 4.78 is 43.3. The Hall–Kier alpha value is -2.16. The van der Waals surface area contributed by atoms with Gasteiger partial charge < -0.3 is 9.84 Å². The highest BCUT2D eigenvalue weighted by Gasteiger charge is 2.31. The van der Waals surface area contributed by atoms with Gasteiger partial charge in [-0.05, 0) is 19.1 Å². The van der Waals surface area contributed by atoms with E-state index in [1.165, 1.54) is 0 Å². The lowest BCUT2D eigenvalue weighted by molar-refractivity contribution is -0.139. The van der Waals surface area contributed by atoms with Crippen molar-refractivity contribution in [2.24, 2.45) is 0 Å². The summed E-state index contributed by atoms with van der Waals surface area (Å²) in [5.41, 5.74) is -1.29. The van der Waals surface area contributed by atoms with Gasteiger partial charge in [0.1, 0.15) is 5.82 Å². The molecule has 1 aromatic rings. The van der Waals surface area contributed by atoms with Gasteiger partial charge in [0.15, 0.2) is 5.25 Å². The molecule has 0 bridgehead atoms. The number of esters is 1. The van der Waals surface area contributed by atoms with Crippen LogP contribution < -0.4 is 4.72 Å². The molecule has 110 valence electrons. The molecule has 0 aliphatic heterocycles. The largest absolute Gasteiger partial charge is 0.478 e. The Morgan fingerprint density at radius 2 is 2.00 bits per heavy atom. The summed E-state index contributed by atoms with van der Waals surface area (Å²) in [4.78, 5) is 22.1. The first kappa shape index (κ1) is 15.9. The Morgan fingerprint density at radius 1 is 1.40 bits per heavy atom. The van der Waals surface area contributed by atoms with Gasteiger partial charge in [-0.3, -0.25) is 9.52 Å². The van der Waals surface area contributed by atoms with Crippen molar-refractivity contribution < 1.29 is 32.2 Å². The molecule has 0 spiro atoms. The third-order valence-electron chi connectivity index (χ3n) is 2.49. The fourth-order valence-electron chi connectivity index (χ4n) is 1.33. The SMILES string of the molecule is COC(=O)C(C)S(=O)(=O)Nc1c(F)cccc1C(=O)O. The van der Waals surface area contributed by atoms with Crippen molar-refractivity contribution in [2.75, 3.05) is 11.8 Å². The fourth-order valence-corrected chi connectivity index (χ4v) is 2.35. The van der Waals surface area contributed by atoms with Crippen LogP contribution in [0.2, 0.25) is 0 Å². The molecule has 0 radical (unpaired) electrons. The van der Waals surface area contributed by atoms with Crippen LogP contribution in [0.4, 0.5) is 10.1 Å². The maximum atomic E-state index is 13.6. The van der Waals surface area contributed by atoms with E-state index in [9.17, 15) is 22.4 Å². The highest BCUT2D eigenvalue weighted by Crippen LogP contribution is 2.22. The minimum Gasteiger partial charge on any atom is -0.478 e. The Bertz CT molecular complexity index is 642. The number of para-hydroxylation sites is 1. The van der Waals surface area contributed by atoms with Crippen molar-refractivity contribution in [3.8, 4) is 0 Å². The molecule has 0 aromatic heterocycles. The van der Waals surface area contributed by atoms with Crippen LogP contribution in [0.15, 0.2) is 18.2 Å². The van der Waals surface area contributed by atoms with E-state index in [1.807, 2.05) is 0 Å². The maximum absolute atomic E-state index is 13.6. The van der Waals surface area contributed by atoms with Crippen molar-refractivity contribution >= 4 is 27.6 Å². The molecule has 0 heterocycles. The predicted molar refractivity (Wildman–Crippen MR) is 67.4 cm³/mol. The first-order valence-corrected chi connectivity index (χ1v) is 6.86. The predicted octanol–water partition coefficient (Wildman–Crippen LogP) is 0.827. The van der Waals surface area contributed by atoms with E-state index < -0.39 is 44.3 Å². The molecule has 2 N–H and O–H groups in total. The Morgan fingerprint density at radius 3 is 2.50 bits per heavy atom. The normalized spacial score (nSPS) is 12.6. The summed E-state index contributed by atoms with van der Waals surface area (Å²) >= 11 is 0. The average Bonchev–Trinajstić information content (AvgIpc) is 2.38. The highest BCUT2D eigenvalue weighted by molar-refractivity contribution is 7.94. The topological polar surface area (TPSA) is 110 Å². The molecule has 1 aromatic carbocycles. The second-order valence-corrected chi connectivity index (χ2v) is 5.78. The molecule has 1 atom stereocenters. The molecule has 0 saturated heterocycles. The lowest BCUT2D eigenvalue weighted by Gasteiger charge is -2.14. The van der Waals surface area contributed by atoms with Gasteiger partial charge >= 0.3 is 11.9 Å². The average molecular weight is 305 g/mol. The summed E-state index contributed by atoms with van der Waals surface area (Å²) in [7, 11) is -3.33. The van der Waals surface area contributed by atoms with E-state index in [2.05, 4.69) is 4.74 Å². The lowest BCUT2D eigenvalue weighted by atomic mass is 10.2. The second kappa shape index (κ2) is 5.87. The van der Waals surface area contributed by atoms with Crippen molar-refractivity contribution in [3.63, 3.8) is 0 Å². The van der Waals surface area contributed by atoms with E-state index in [0.29, 0.717) is 0 Å². The summed E-state index contributed by atoms with van der Waals surface area (Å²) in [6, 6.07) is 3.06. The number of rotatable bonds is 5. The molecule has 1 rings (SSSR count). The van der Waals surface area contributed by atoms with Crippen LogP contribution in [0.5, 0.6) is 0 Å². The van der Waals surface area contributed by atoms with Crippen molar-refractivity contribution in [1.82, 2.24) is 0 Å². The van der Waals surface area contributed by atoms with Gasteiger partial charge in [-0.1, -0.05) is 6.07 Å². The number of benzene rings is 1. The lowest BCUT2D eigenvalue weighted by Crippen LogP contribution is -2.33. The fraction of sp³-hybridized carbons (Fsp3) is 0.273. The van der Waals surface area contributed by atoms with Gasteiger partial charge in [0.2, 0.25) is 10.0 Å². The first-order valence-electron chi connectivity index (χ1n) is 5.32. The van der Waals surface area contributed by atoms with Gasteiger partial charge in [-0.15, -0.1) is 0 Å². The number of carboxylic acid groups (broad SMARTS) is 1. The van der Waals surface area contributed by atoms with Crippen LogP contribution in [0.3, 0.4) is 0 Å². The number of hydrogen-bond acceptors (Lipinski definition) is 5. The Labute approximate surface area is 114 Å². The first-order chi connectivity index (χ1) is 9.20. The van der Waals surface area contributed by atoms with E-state index >= 15 is 0 Å². The smallest absolute Gasteiger partial charge is 0.337 e. The molecule has 0 fully saturated rings. The molecule has 0 amide bonds. The minimum absolute atomic E-state index is 0.564. The number of nitrogens with one attached hydrogen (secondary N) is 1. The molecule has 1 unspecified atom stereocenters. The van der Waals surface area contributed by atoms with Crippen LogP contribution in [0.1, 0.15) is 17.3 Å². The summed E-state index contributed by atoms with van der Waals surface area (Å²) in [5, 5.41) is 7.27. The molecular formula is C11H12FNO6S. The van der Waals surface area contributed by atoms with Crippen LogP contribution in [-0.4, -0.2) is 37.8 Å². The van der Waals surface area contributed by atoms with Crippen molar-refractivity contribution in [2.45, 2.75) is 12.2 Å². The van der Waals surface area contributed by atoms with Crippen molar-refractivity contribution in [1.29, 1.82) is 0 Å². The van der Waals surface area contributed by atoms with Gasteiger partial charge in [-0.25, -0.2) is 17.6 Å². The monoisotopic (exact) mass is 305 g/mol. The van der Waals surface area contributed by atoms with Crippen LogP contribution in [0, 0.1) is 5.82 Å². The standard InChI is InChI=1S/C11H12FNO6S/c1-6(11(16)19-2)20(17,18)13-9-7(10(14)15)4-3-5-8(9)12/h3-6,13H,1-2H3,(H,14,15). The van der Waals surface area contributed by atoms with E-state index in [-0.39, 0.29) is 0 Å². The number of carbonyl (C=O) groups is 2. The number of anilines is 1. The van der Waals surface area contributed by atoms with Gasteiger partial charge in [-0.2, -0.15) is 0 Å². The quantitative estimate of drug-likeness (QED) is 0.780. The number of carbonyl (C=O) groups excluding carboxylic acids is 1. The summed E-state index contributed by atoms with van der Waals surface area (Å²) in [6.07, 6.45) is 0. The number of halogens is 1. The number of carboxylic acids is 1. The number of ether oxygens (including phenoxy) is 1. The third-order valence-corrected chi connectivity index (χ3v) is 4.10. The summed E-state index contributed by atoms with van der Waals surface area (Å²) in [6.45, 7) is 1.04. The van der Waals surface area contributed by atoms with Crippen LogP contribution >= 0.6 is 0 Å². The van der Waals surface area contributed by atoms with Gasteiger partial charge in [0, 0.05) is 0 Å². The minimum atomic E-state index is -4.33. The van der Waals surface area contributed by atoms with E-state index in [1.54, 1.807) is 4.72 Å². The van der Waals surface area contributed by atoms with E-state index in [4.69, 9.17) is 5.11 Å². The van der Waals surface area contributed by atoms with Gasteiger partial charge in [0.25, 0.3) is 0 Å². The van der Waals surface area contributed by atoms with Gasteiger partial charge in [0.05, 0.1) is 18.4 Å². The van der Waals surface area contributed by atoms with Crippen molar-refractivity contribution in [3.05, 3.63) is 29.6 Å². The molecule has 9 heteroatoms. The number of hydrogen-bond donors (Lipinski definition) is 2. The number of sulfonamides is 1. The zero-order chi connectivity index (χ0) is 15.5. The number of aromatic carboxylic acids is 1.